The predicted molar refractivity (Wildman–Crippen MR) is 59.9 cm³/mol. The summed E-state index contributed by atoms with van der Waals surface area (Å²) in [5.41, 5.74) is 5.90. The van der Waals surface area contributed by atoms with Crippen molar-refractivity contribution >= 4 is 18.3 Å². The van der Waals surface area contributed by atoms with Crippen molar-refractivity contribution in [2.75, 3.05) is 26.3 Å². The molecule has 1 atom stereocenters. The summed E-state index contributed by atoms with van der Waals surface area (Å²) in [6, 6.07) is 0. The van der Waals surface area contributed by atoms with Gasteiger partial charge in [0, 0.05) is 26.2 Å². The monoisotopic (exact) mass is 234 g/mol. The van der Waals surface area contributed by atoms with Crippen LogP contribution in [-0.4, -0.2) is 32.2 Å². The molecule has 1 amide bonds. The van der Waals surface area contributed by atoms with Crippen LogP contribution in [0.15, 0.2) is 0 Å². The van der Waals surface area contributed by atoms with Crippen LogP contribution in [0.2, 0.25) is 0 Å². The number of piperidine rings is 1. The third-order valence-corrected chi connectivity index (χ3v) is 3.70. The lowest BCUT2D eigenvalue weighted by Crippen LogP contribution is -2.52. The molecule has 15 heavy (non-hydrogen) atoms. The lowest BCUT2D eigenvalue weighted by atomic mass is 9.65. The Morgan fingerprint density at radius 2 is 2.13 bits per heavy atom. The average molecular weight is 235 g/mol. The fraction of sp³-hybridized carbons (Fsp3) is 0.900. The maximum atomic E-state index is 11.4. The highest BCUT2D eigenvalue weighted by molar-refractivity contribution is 5.85. The van der Waals surface area contributed by atoms with Crippen LogP contribution in [0.5, 0.6) is 0 Å². The maximum Gasteiger partial charge on any atom is 0.220 e. The average Bonchev–Trinajstić information content (AvgIpc) is 2.19. The third kappa shape index (κ3) is 2.44. The van der Waals surface area contributed by atoms with Gasteiger partial charge in [-0.1, -0.05) is 0 Å². The zero-order valence-electron chi connectivity index (χ0n) is 8.83. The maximum absolute atomic E-state index is 11.4. The van der Waals surface area contributed by atoms with Crippen LogP contribution in [0.1, 0.15) is 19.3 Å². The standard InChI is InChI=1S/C10H18N2O2.ClH/c11-6-8-7-12-9(13)5-10(8)1-3-14-4-2-10;/h8H,1-7,11H2,(H,12,13);1H. The number of ether oxygens (including phenoxy) is 1. The first-order chi connectivity index (χ1) is 6.77. The van der Waals surface area contributed by atoms with Crippen LogP contribution in [0.25, 0.3) is 0 Å². The van der Waals surface area contributed by atoms with E-state index in [1.165, 1.54) is 0 Å². The molecule has 5 heteroatoms. The Labute approximate surface area is 96.3 Å². The number of amides is 1. The second-order valence-corrected chi connectivity index (χ2v) is 4.39. The van der Waals surface area contributed by atoms with Gasteiger partial charge in [0.2, 0.25) is 5.91 Å². The smallest absolute Gasteiger partial charge is 0.220 e. The molecule has 1 unspecified atom stereocenters. The molecule has 1 spiro atoms. The predicted octanol–water partition coefficient (Wildman–Crippen LogP) is 0.300. The topological polar surface area (TPSA) is 64.3 Å². The number of rotatable bonds is 1. The molecule has 0 radical (unpaired) electrons. The quantitative estimate of drug-likeness (QED) is 0.686. The van der Waals surface area contributed by atoms with Crippen molar-refractivity contribution in [3.05, 3.63) is 0 Å². The van der Waals surface area contributed by atoms with Crippen molar-refractivity contribution in [1.29, 1.82) is 0 Å². The molecule has 0 bridgehead atoms. The van der Waals surface area contributed by atoms with E-state index in [1.807, 2.05) is 0 Å². The molecule has 0 aromatic carbocycles. The lowest BCUT2D eigenvalue weighted by Gasteiger charge is -2.45. The van der Waals surface area contributed by atoms with Crippen LogP contribution in [-0.2, 0) is 9.53 Å². The van der Waals surface area contributed by atoms with Crippen LogP contribution >= 0.6 is 12.4 Å². The molecular formula is C10H19ClN2O2. The minimum atomic E-state index is 0. The molecule has 88 valence electrons. The van der Waals surface area contributed by atoms with Gasteiger partial charge in [0.1, 0.15) is 0 Å². The van der Waals surface area contributed by atoms with Gasteiger partial charge in [-0.2, -0.15) is 0 Å². The van der Waals surface area contributed by atoms with E-state index < -0.39 is 0 Å². The SMILES string of the molecule is Cl.NCC1CNC(=O)CC12CCOCC2. The summed E-state index contributed by atoms with van der Waals surface area (Å²) >= 11 is 0. The largest absolute Gasteiger partial charge is 0.381 e. The molecule has 4 nitrogen and oxygen atoms in total. The van der Waals surface area contributed by atoms with Gasteiger partial charge in [-0.05, 0) is 30.7 Å². The zero-order valence-corrected chi connectivity index (χ0v) is 9.65. The van der Waals surface area contributed by atoms with E-state index in [1.54, 1.807) is 0 Å². The Kier molecular flexibility index (Phi) is 4.37. The second kappa shape index (κ2) is 5.14. The first-order valence-electron chi connectivity index (χ1n) is 5.31. The summed E-state index contributed by atoms with van der Waals surface area (Å²) in [5.74, 6) is 0.612. The van der Waals surface area contributed by atoms with Gasteiger partial charge in [-0.15, -0.1) is 12.4 Å². The van der Waals surface area contributed by atoms with Crippen LogP contribution < -0.4 is 11.1 Å². The van der Waals surface area contributed by atoms with Crippen LogP contribution in [0.3, 0.4) is 0 Å². The molecule has 0 aliphatic carbocycles. The molecule has 3 N–H and O–H groups in total. The fourth-order valence-electron chi connectivity index (χ4n) is 2.68. The normalized spacial score (nSPS) is 29.4. The molecule has 2 aliphatic rings. The van der Waals surface area contributed by atoms with E-state index in [9.17, 15) is 4.79 Å². The number of hydrogen-bond donors (Lipinski definition) is 2. The Balaban J connectivity index is 0.00000112. The summed E-state index contributed by atoms with van der Waals surface area (Å²) < 4.78 is 5.35. The zero-order chi connectivity index (χ0) is 10.0. The third-order valence-electron chi connectivity index (χ3n) is 3.70. The van der Waals surface area contributed by atoms with Crippen molar-refractivity contribution in [2.24, 2.45) is 17.1 Å². The van der Waals surface area contributed by atoms with Crippen LogP contribution in [0.4, 0.5) is 0 Å². The van der Waals surface area contributed by atoms with Gasteiger partial charge >= 0.3 is 0 Å². The summed E-state index contributed by atoms with van der Waals surface area (Å²) in [4.78, 5) is 11.4. The van der Waals surface area contributed by atoms with E-state index in [4.69, 9.17) is 10.5 Å². The Morgan fingerprint density at radius 1 is 1.47 bits per heavy atom. The first-order valence-corrected chi connectivity index (χ1v) is 5.31. The minimum Gasteiger partial charge on any atom is -0.381 e. The van der Waals surface area contributed by atoms with Crippen LogP contribution in [0, 0.1) is 11.3 Å². The Bertz CT molecular complexity index is 229. The Hall–Kier alpha value is -0.320. The number of hydrogen-bond acceptors (Lipinski definition) is 3. The van der Waals surface area contributed by atoms with Crippen molar-refractivity contribution in [2.45, 2.75) is 19.3 Å². The van der Waals surface area contributed by atoms with Gasteiger partial charge in [0.25, 0.3) is 0 Å². The van der Waals surface area contributed by atoms with Gasteiger partial charge in [-0.25, -0.2) is 0 Å². The number of nitrogens with one attached hydrogen (secondary N) is 1. The van der Waals surface area contributed by atoms with Gasteiger partial charge in [0.15, 0.2) is 0 Å². The molecule has 2 saturated heterocycles. The van der Waals surface area contributed by atoms with E-state index in [2.05, 4.69) is 5.32 Å². The highest BCUT2D eigenvalue weighted by atomic mass is 35.5. The molecule has 0 aromatic rings. The second-order valence-electron chi connectivity index (χ2n) is 4.39. The van der Waals surface area contributed by atoms with Gasteiger partial charge < -0.3 is 15.8 Å². The molecular weight excluding hydrogens is 216 g/mol. The summed E-state index contributed by atoms with van der Waals surface area (Å²) in [6.07, 6.45) is 2.61. The Morgan fingerprint density at radius 3 is 2.73 bits per heavy atom. The van der Waals surface area contributed by atoms with Crippen molar-refractivity contribution in [3.8, 4) is 0 Å². The fourth-order valence-corrected chi connectivity index (χ4v) is 2.68. The molecule has 2 aliphatic heterocycles. The number of carbonyl (C=O) groups excluding carboxylic acids is 1. The van der Waals surface area contributed by atoms with Gasteiger partial charge in [-0.3, -0.25) is 4.79 Å². The first kappa shape index (κ1) is 12.7. The molecule has 0 aromatic heterocycles. The number of nitrogens with two attached hydrogens (primary N) is 1. The van der Waals surface area contributed by atoms with E-state index in [-0.39, 0.29) is 23.7 Å². The number of carbonyl (C=O) groups is 1. The highest BCUT2D eigenvalue weighted by Gasteiger charge is 2.43. The van der Waals surface area contributed by atoms with Crippen molar-refractivity contribution < 1.29 is 9.53 Å². The highest BCUT2D eigenvalue weighted by Crippen LogP contribution is 2.42. The minimum absolute atomic E-state index is 0. The van der Waals surface area contributed by atoms with Gasteiger partial charge in [0.05, 0.1) is 0 Å². The summed E-state index contributed by atoms with van der Waals surface area (Å²) in [7, 11) is 0. The summed E-state index contributed by atoms with van der Waals surface area (Å²) in [5, 5.41) is 2.89. The lowest BCUT2D eigenvalue weighted by molar-refractivity contribution is -0.131. The number of halogens is 1. The summed E-state index contributed by atoms with van der Waals surface area (Å²) in [6.45, 7) is 2.98. The van der Waals surface area contributed by atoms with Crippen molar-refractivity contribution in [3.63, 3.8) is 0 Å². The molecule has 2 fully saturated rings. The molecule has 2 rings (SSSR count). The van der Waals surface area contributed by atoms with E-state index in [0.29, 0.717) is 18.9 Å². The van der Waals surface area contributed by atoms with E-state index in [0.717, 1.165) is 32.6 Å². The molecule has 2 heterocycles. The molecule has 0 saturated carbocycles. The van der Waals surface area contributed by atoms with E-state index >= 15 is 0 Å². The van der Waals surface area contributed by atoms with Crippen molar-refractivity contribution in [1.82, 2.24) is 5.32 Å².